The Morgan fingerprint density at radius 2 is 1.67 bits per heavy atom. The maximum Gasteiger partial charge on any atom is 0.321 e. The summed E-state index contributed by atoms with van der Waals surface area (Å²) < 4.78 is 15.9. The van der Waals surface area contributed by atoms with Crippen LogP contribution in [0.4, 0.5) is 0 Å². The third-order valence-corrected chi connectivity index (χ3v) is 2.80. The first kappa shape index (κ1) is 15.3. The van der Waals surface area contributed by atoms with Crippen molar-refractivity contribution >= 4 is 11.6 Å². The number of methoxy groups -OCH3 is 2. The number of nitrogens with zero attached hydrogens (tertiary/aromatic N) is 3. The molecule has 0 saturated heterocycles. The minimum Gasteiger partial charge on any atom is -0.497 e. The fourth-order valence-electron chi connectivity index (χ4n) is 1.66. The van der Waals surface area contributed by atoms with Gasteiger partial charge >= 0.3 is 6.01 Å². The van der Waals surface area contributed by atoms with E-state index in [0.29, 0.717) is 29.5 Å². The molecule has 7 heteroatoms. The fourth-order valence-corrected chi connectivity index (χ4v) is 1.81. The highest BCUT2D eigenvalue weighted by molar-refractivity contribution is 6.28. The first-order valence-corrected chi connectivity index (χ1v) is 6.82. The smallest absolute Gasteiger partial charge is 0.321 e. The number of benzene rings is 1. The van der Waals surface area contributed by atoms with E-state index in [1.807, 2.05) is 6.92 Å². The number of aromatic nitrogens is 3. The zero-order chi connectivity index (χ0) is 15.2. The molecule has 0 aliphatic rings. The van der Waals surface area contributed by atoms with Gasteiger partial charge in [-0.2, -0.15) is 15.0 Å². The largest absolute Gasteiger partial charge is 0.497 e. The van der Waals surface area contributed by atoms with Crippen LogP contribution < -0.4 is 14.2 Å². The highest BCUT2D eigenvalue weighted by atomic mass is 35.5. The molecule has 0 saturated carbocycles. The van der Waals surface area contributed by atoms with Gasteiger partial charge in [-0.05, 0) is 30.2 Å². The average molecular weight is 310 g/mol. The number of hydrogen-bond donors (Lipinski definition) is 0. The fraction of sp³-hybridized carbons (Fsp3) is 0.357. The lowest BCUT2D eigenvalue weighted by Gasteiger charge is -2.09. The normalized spacial score (nSPS) is 10.3. The molecule has 0 bridgehead atoms. The van der Waals surface area contributed by atoms with Crippen molar-refractivity contribution in [3.05, 3.63) is 23.5 Å². The Morgan fingerprint density at radius 1 is 1.00 bits per heavy atom. The molecule has 1 heterocycles. The van der Waals surface area contributed by atoms with E-state index in [2.05, 4.69) is 15.0 Å². The van der Waals surface area contributed by atoms with Crippen LogP contribution >= 0.6 is 11.6 Å². The van der Waals surface area contributed by atoms with Crippen LogP contribution in [0.3, 0.4) is 0 Å². The van der Waals surface area contributed by atoms with Gasteiger partial charge in [0, 0.05) is 11.6 Å². The topological polar surface area (TPSA) is 66.4 Å². The van der Waals surface area contributed by atoms with E-state index in [9.17, 15) is 0 Å². The number of ether oxygens (including phenoxy) is 3. The molecule has 0 amide bonds. The number of hydrogen-bond acceptors (Lipinski definition) is 6. The van der Waals surface area contributed by atoms with Crippen molar-refractivity contribution in [2.45, 2.75) is 13.3 Å². The van der Waals surface area contributed by atoms with Crippen molar-refractivity contribution in [3.63, 3.8) is 0 Å². The summed E-state index contributed by atoms with van der Waals surface area (Å²) in [7, 11) is 3.16. The lowest BCUT2D eigenvalue weighted by atomic mass is 10.2. The summed E-state index contributed by atoms with van der Waals surface area (Å²) >= 11 is 5.92. The first-order chi connectivity index (χ1) is 10.2. The summed E-state index contributed by atoms with van der Waals surface area (Å²) in [5, 5.41) is 0.0767. The predicted molar refractivity (Wildman–Crippen MR) is 79.2 cm³/mol. The number of halogens is 1. The molecule has 0 fully saturated rings. The molecule has 1 aromatic carbocycles. The van der Waals surface area contributed by atoms with Crippen LogP contribution in [0.2, 0.25) is 5.28 Å². The van der Waals surface area contributed by atoms with Gasteiger partial charge in [-0.3, -0.25) is 0 Å². The predicted octanol–water partition coefficient (Wildman–Crippen LogP) is 3.00. The van der Waals surface area contributed by atoms with Crippen molar-refractivity contribution in [1.82, 2.24) is 15.0 Å². The molecule has 0 radical (unpaired) electrons. The highest BCUT2D eigenvalue weighted by Crippen LogP contribution is 2.28. The summed E-state index contributed by atoms with van der Waals surface area (Å²) in [5.41, 5.74) is 0.705. The van der Waals surface area contributed by atoms with Crippen LogP contribution in [0.5, 0.6) is 17.5 Å². The molecule has 0 unspecified atom stereocenters. The average Bonchev–Trinajstić information content (AvgIpc) is 2.51. The van der Waals surface area contributed by atoms with E-state index < -0.39 is 0 Å². The molecule has 0 spiro atoms. The Hall–Kier alpha value is -2.08. The maximum absolute atomic E-state index is 5.92. The molecule has 1 aromatic heterocycles. The van der Waals surface area contributed by atoms with E-state index in [0.717, 1.165) is 6.42 Å². The van der Waals surface area contributed by atoms with Crippen molar-refractivity contribution in [1.29, 1.82) is 0 Å². The van der Waals surface area contributed by atoms with E-state index in [1.165, 1.54) is 0 Å². The number of rotatable bonds is 6. The second-order valence-electron chi connectivity index (χ2n) is 4.16. The van der Waals surface area contributed by atoms with Gasteiger partial charge in [-0.25, -0.2) is 0 Å². The van der Waals surface area contributed by atoms with Gasteiger partial charge in [0.1, 0.15) is 11.5 Å². The summed E-state index contributed by atoms with van der Waals surface area (Å²) in [6.45, 7) is 2.51. The maximum atomic E-state index is 5.92. The highest BCUT2D eigenvalue weighted by Gasteiger charge is 2.11. The Balaban J connectivity index is 2.42. The van der Waals surface area contributed by atoms with Crippen molar-refractivity contribution in [2.75, 3.05) is 20.8 Å². The van der Waals surface area contributed by atoms with E-state index in [-0.39, 0.29) is 11.3 Å². The molecule has 0 N–H and O–H groups in total. The molecule has 0 atom stereocenters. The standard InChI is InChI=1S/C14H16ClN3O3/c1-4-5-21-14-17-12(16-13(15)18-14)9-6-10(19-2)8-11(7-9)20-3/h6-8H,4-5H2,1-3H3. The van der Waals surface area contributed by atoms with Gasteiger partial charge in [0.05, 0.1) is 20.8 Å². The van der Waals surface area contributed by atoms with Crippen LogP contribution in [0.1, 0.15) is 13.3 Å². The van der Waals surface area contributed by atoms with Crippen LogP contribution in [0.15, 0.2) is 18.2 Å². The monoisotopic (exact) mass is 309 g/mol. The van der Waals surface area contributed by atoms with Crippen molar-refractivity contribution < 1.29 is 14.2 Å². The summed E-state index contributed by atoms with van der Waals surface area (Å²) in [5.74, 6) is 1.67. The SMILES string of the molecule is CCCOc1nc(Cl)nc(-c2cc(OC)cc(OC)c2)n1. The minimum atomic E-state index is 0.0767. The van der Waals surface area contributed by atoms with Gasteiger partial charge < -0.3 is 14.2 Å². The van der Waals surface area contributed by atoms with Gasteiger partial charge in [-0.1, -0.05) is 6.92 Å². The van der Waals surface area contributed by atoms with Gasteiger partial charge in [-0.15, -0.1) is 0 Å². The quantitative estimate of drug-likeness (QED) is 0.817. The van der Waals surface area contributed by atoms with Crippen molar-refractivity contribution in [2.24, 2.45) is 0 Å². The Labute approximate surface area is 128 Å². The van der Waals surface area contributed by atoms with Gasteiger partial charge in [0.25, 0.3) is 0 Å². The molecule has 112 valence electrons. The molecule has 2 aromatic rings. The van der Waals surface area contributed by atoms with Crippen LogP contribution in [0, 0.1) is 0 Å². The Kier molecular flexibility index (Phi) is 5.16. The molecular weight excluding hydrogens is 294 g/mol. The molecule has 0 aliphatic carbocycles. The molecule has 21 heavy (non-hydrogen) atoms. The van der Waals surface area contributed by atoms with E-state index in [1.54, 1.807) is 32.4 Å². The summed E-state index contributed by atoms with van der Waals surface area (Å²) in [4.78, 5) is 12.3. The Bertz CT molecular complexity index is 600. The molecular formula is C14H16ClN3O3. The summed E-state index contributed by atoms with van der Waals surface area (Å²) in [6.07, 6.45) is 0.853. The zero-order valence-electron chi connectivity index (χ0n) is 12.1. The van der Waals surface area contributed by atoms with E-state index >= 15 is 0 Å². The van der Waals surface area contributed by atoms with Crippen LogP contribution in [-0.2, 0) is 0 Å². The third kappa shape index (κ3) is 3.95. The first-order valence-electron chi connectivity index (χ1n) is 6.44. The lowest BCUT2D eigenvalue weighted by Crippen LogP contribution is -2.03. The van der Waals surface area contributed by atoms with Crippen molar-refractivity contribution in [3.8, 4) is 28.9 Å². The van der Waals surface area contributed by atoms with E-state index in [4.69, 9.17) is 25.8 Å². The van der Waals surface area contributed by atoms with Crippen LogP contribution in [0.25, 0.3) is 11.4 Å². The Morgan fingerprint density at radius 3 is 2.24 bits per heavy atom. The van der Waals surface area contributed by atoms with Crippen LogP contribution in [-0.4, -0.2) is 35.8 Å². The summed E-state index contributed by atoms with van der Waals surface area (Å²) in [6, 6.07) is 5.55. The second-order valence-corrected chi connectivity index (χ2v) is 4.50. The molecule has 6 nitrogen and oxygen atoms in total. The van der Waals surface area contributed by atoms with Gasteiger partial charge in [0.2, 0.25) is 5.28 Å². The third-order valence-electron chi connectivity index (χ3n) is 2.63. The molecule has 2 rings (SSSR count). The van der Waals surface area contributed by atoms with Gasteiger partial charge in [0.15, 0.2) is 5.82 Å². The molecule has 0 aliphatic heterocycles. The minimum absolute atomic E-state index is 0.0767. The zero-order valence-corrected chi connectivity index (χ0v) is 12.8. The second kappa shape index (κ2) is 7.08. The lowest BCUT2D eigenvalue weighted by molar-refractivity contribution is 0.291.